The summed E-state index contributed by atoms with van der Waals surface area (Å²) in [5.74, 6) is -0.00994. The lowest BCUT2D eigenvalue weighted by Gasteiger charge is -2.37. The van der Waals surface area contributed by atoms with Crippen LogP contribution in [0.4, 0.5) is 10.1 Å². The minimum absolute atomic E-state index is 0.0521. The maximum Gasteiger partial charge on any atom is 0.374 e. The zero-order valence-electron chi connectivity index (χ0n) is 26.1. The molecule has 1 saturated heterocycles. The number of carbonyl (C=O) groups is 3. The Kier molecular flexibility index (Phi) is 11.0. The highest BCUT2D eigenvalue weighted by Crippen LogP contribution is 2.42. The number of hydrogen-bond donors (Lipinski definition) is 2. The fourth-order valence-electron chi connectivity index (χ4n) is 7.74. The first-order valence-corrected chi connectivity index (χ1v) is 16.5. The van der Waals surface area contributed by atoms with Crippen LogP contribution in [0, 0.1) is 23.7 Å². The van der Waals surface area contributed by atoms with Gasteiger partial charge in [0.05, 0.1) is 19.4 Å². The second-order valence-corrected chi connectivity index (χ2v) is 12.9. The van der Waals surface area contributed by atoms with E-state index in [1.807, 2.05) is 11.8 Å². The average molecular weight is 614 g/mol. The summed E-state index contributed by atoms with van der Waals surface area (Å²) in [5, 5.41) is 3.78. The number of rotatable bonds is 11. The van der Waals surface area contributed by atoms with Crippen molar-refractivity contribution in [2.75, 3.05) is 32.3 Å². The summed E-state index contributed by atoms with van der Waals surface area (Å²) in [6.45, 7) is 2.39. The van der Waals surface area contributed by atoms with E-state index >= 15 is 0 Å². The zero-order valence-corrected chi connectivity index (χ0v) is 26.1. The lowest BCUT2D eigenvalue weighted by molar-refractivity contribution is -0.142. The smallest absolute Gasteiger partial charge is 0.374 e. The number of alkyl halides is 1. The van der Waals surface area contributed by atoms with Gasteiger partial charge in [0.25, 0.3) is 0 Å². The van der Waals surface area contributed by atoms with E-state index in [0.717, 1.165) is 57.8 Å². The van der Waals surface area contributed by atoms with Crippen LogP contribution in [0.15, 0.2) is 28.7 Å². The molecule has 3 fully saturated rings. The molecule has 0 bridgehead atoms. The van der Waals surface area contributed by atoms with Crippen LogP contribution in [0.3, 0.4) is 0 Å². The highest BCUT2D eigenvalue weighted by Gasteiger charge is 2.47. The molecular formula is C34H48FN3O6. The molecule has 1 aliphatic heterocycles. The Balaban J connectivity index is 1.31. The Morgan fingerprint density at radius 3 is 2.50 bits per heavy atom. The lowest BCUT2D eigenvalue weighted by Crippen LogP contribution is -2.50. The molecule has 3 aliphatic rings. The second kappa shape index (κ2) is 14.9. The Hall–Kier alpha value is -2.98. The monoisotopic (exact) mass is 613 g/mol. The van der Waals surface area contributed by atoms with E-state index in [1.165, 1.54) is 0 Å². The van der Waals surface area contributed by atoms with Gasteiger partial charge >= 0.3 is 5.97 Å². The summed E-state index contributed by atoms with van der Waals surface area (Å²) in [6.07, 6.45) is 9.07. The molecule has 0 spiro atoms. The first-order chi connectivity index (χ1) is 21.3. The van der Waals surface area contributed by atoms with Crippen LogP contribution in [-0.4, -0.2) is 67.8 Å². The van der Waals surface area contributed by atoms with Crippen molar-refractivity contribution >= 4 is 34.4 Å². The zero-order chi connectivity index (χ0) is 31.2. The van der Waals surface area contributed by atoms with E-state index in [-0.39, 0.29) is 47.5 Å². The number of nitrogens with one attached hydrogen (secondary N) is 1. The molecule has 0 unspecified atom stereocenters. The van der Waals surface area contributed by atoms with Gasteiger partial charge in [0, 0.05) is 36.7 Å². The summed E-state index contributed by atoms with van der Waals surface area (Å²) in [5.41, 5.74) is 7.31. The van der Waals surface area contributed by atoms with Crippen molar-refractivity contribution in [3.8, 4) is 0 Å². The van der Waals surface area contributed by atoms with E-state index in [1.54, 1.807) is 31.4 Å². The molecule has 10 heteroatoms. The molecule has 2 aliphatic carbocycles. The normalized spacial score (nSPS) is 28.1. The fourth-order valence-corrected chi connectivity index (χ4v) is 7.74. The van der Waals surface area contributed by atoms with Crippen LogP contribution in [0.2, 0.25) is 0 Å². The third-order valence-electron chi connectivity index (χ3n) is 10.2. The van der Waals surface area contributed by atoms with Gasteiger partial charge in [0.1, 0.15) is 11.6 Å². The highest BCUT2D eigenvalue weighted by atomic mass is 19.1. The van der Waals surface area contributed by atoms with Gasteiger partial charge in [0.2, 0.25) is 17.6 Å². The van der Waals surface area contributed by atoms with E-state index < -0.39 is 18.7 Å². The van der Waals surface area contributed by atoms with Crippen molar-refractivity contribution in [2.45, 2.75) is 95.7 Å². The molecule has 3 atom stereocenters. The van der Waals surface area contributed by atoms with Gasteiger partial charge in [-0.2, -0.15) is 0 Å². The number of esters is 1. The molecule has 2 aromatic rings. The SMILES string of the molecule is CCCOC(=O)c1cc2cc(NC(=O)[C@@H]3[C@H](C4CCC(OC)CC4)CCN3C(=O)[C@H]3CC[C@H]([C@H](N)CCF)CC3)ccc2o1. The summed E-state index contributed by atoms with van der Waals surface area (Å²) < 4.78 is 29.3. The van der Waals surface area contributed by atoms with Crippen molar-refractivity contribution in [3.63, 3.8) is 0 Å². The number of methoxy groups -OCH3 is 1. The summed E-state index contributed by atoms with van der Waals surface area (Å²) in [4.78, 5) is 42.2. The van der Waals surface area contributed by atoms with Gasteiger partial charge in [-0.15, -0.1) is 0 Å². The summed E-state index contributed by atoms with van der Waals surface area (Å²) >= 11 is 0. The molecule has 0 radical (unpaired) electrons. The number of carbonyl (C=O) groups excluding carboxylic acids is 3. The molecule has 1 aromatic heterocycles. The number of furan rings is 1. The quantitative estimate of drug-likeness (QED) is 0.305. The van der Waals surface area contributed by atoms with Crippen LogP contribution < -0.4 is 11.1 Å². The topological polar surface area (TPSA) is 124 Å². The fraction of sp³-hybridized carbons (Fsp3) is 0.676. The van der Waals surface area contributed by atoms with Gasteiger partial charge in [-0.3, -0.25) is 14.0 Å². The van der Waals surface area contributed by atoms with Crippen molar-refractivity contribution < 1.29 is 32.7 Å². The van der Waals surface area contributed by atoms with Crippen LogP contribution in [-0.2, 0) is 19.1 Å². The number of likely N-dealkylation sites (tertiary alicyclic amines) is 1. The lowest BCUT2D eigenvalue weighted by atomic mass is 9.75. The molecule has 9 nitrogen and oxygen atoms in total. The minimum atomic E-state index is -0.558. The van der Waals surface area contributed by atoms with E-state index in [0.29, 0.717) is 48.6 Å². The van der Waals surface area contributed by atoms with Crippen molar-refractivity contribution in [2.24, 2.45) is 29.4 Å². The third kappa shape index (κ3) is 7.28. The van der Waals surface area contributed by atoms with Crippen LogP contribution in [0.5, 0.6) is 0 Å². The number of nitrogens with zero attached hydrogens (tertiary/aromatic N) is 1. The molecule has 2 saturated carbocycles. The van der Waals surface area contributed by atoms with E-state index in [2.05, 4.69) is 5.32 Å². The predicted molar refractivity (Wildman–Crippen MR) is 166 cm³/mol. The average Bonchev–Trinajstić information content (AvgIpc) is 3.68. The first kappa shape index (κ1) is 32.4. The number of amides is 2. The minimum Gasteiger partial charge on any atom is -0.460 e. The Labute approximate surface area is 259 Å². The maximum absolute atomic E-state index is 14.1. The van der Waals surface area contributed by atoms with Crippen molar-refractivity contribution in [1.82, 2.24) is 4.90 Å². The number of ether oxygens (including phenoxy) is 2. The summed E-state index contributed by atoms with van der Waals surface area (Å²) in [6, 6.07) is 6.18. The molecular weight excluding hydrogens is 565 g/mol. The van der Waals surface area contributed by atoms with E-state index in [9.17, 15) is 18.8 Å². The molecule has 44 heavy (non-hydrogen) atoms. The number of nitrogens with two attached hydrogens (primary N) is 1. The molecule has 242 valence electrons. The van der Waals surface area contributed by atoms with Gasteiger partial charge < -0.3 is 29.8 Å². The number of hydrogen-bond acceptors (Lipinski definition) is 7. The predicted octanol–water partition coefficient (Wildman–Crippen LogP) is 5.85. The van der Waals surface area contributed by atoms with Crippen LogP contribution in [0.1, 0.15) is 88.1 Å². The second-order valence-electron chi connectivity index (χ2n) is 12.9. The largest absolute Gasteiger partial charge is 0.460 e. The first-order valence-electron chi connectivity index (χ1n) is 16.5. The third-order valence-corrected chi connectivity index (χ3v) is 10.2. The van der Waals surface area contributed by atoms with Crippen molar-refractivity contribution in [1.29, 1.82) is 0 Å². The molecule has 3 N–H and O–H groups in total. The maximum atomic E-state index is 14.1. The summed E-state index contributed by atoms with van der Waals surface area (Å²) in [7, 11) is 1.75. The number of fused-ring (bicyclic) bond motifs is 1. The highest BCUT2D eigenvalue weighted by molar-refractivity contribution is 6.00. The van der Waals surface area contributed by atoms with Gasteiger partial charge in [-0.25, -0.2) is 4.79 Å². The number of anilines is 1. The van der Waals surface area contributed by atoms with Gasteiger partial charge in [0.15, 0.2) is 0 Å². The molecule has 5 rings (SSSR count). The van der Waals surface area contributed by atoms with E-state index in [4.69, 9.17) is 19.6 Å². The Morgan fingerprint density at radius 2 is 1.82 bits per heavy atom. The molecule has 2 heterocycles. The number of halogens is 1. The molecule has 2 amide bonds. The Bertz CT molecular complexity index is 1280. The van der Waals surface area contributed by atoms with Crippen molar-refractivity contribution in [3.05, 3.63) is 30.0 Å². The standard InChI is InChI=1S/C34H48FN3O6/c1-3-18-43-34(41)30-20-24-19-25(10-13-29(24)44-30)37-32(39)31-27(21-8-11-26(42-2)12-9-21)15-17-38(31)33(40)23-6-4-22(5-7-23)28(36)14-16-35/h10,13,19-23,26-28,31H,3-9,11-12,14-18,36H2,1-2H3,(H,37,39)/t21?,22-,23-,26?,27-,28+,31-/m0/s1. The van der Waals surface area contributed by atoms with Crippen LogP contribution in [0.25, 0.3) is 11.0 Å². The number of benzene rings is 1. The van der Waals surface area contributed by atoms with Gasteiger partial charge in [-0.05, 0) is 113 Å². The Morgan fingerprint density at radius 1 is 1.07 bits per heavy atom. The van der Waals surface area contributed by atoms with Gasteiger partial charge in [-0.1, -0.05) is 6.92 Å². The molecule has 1 aromatic carbocycles. The van der Waals surface area contributed by atoms with Crippen LogP contribution >= 0.6 is 0 Å².